The smallest absolute Gasteiger partial charge is 0.291 e. The highest BCUT2D eigenvalue weighted by atomic mass is 16.6. The van der Waals surface area contributed by atoms with Gasteiger partial charge in [0.2, 0.25) is 11.6 Å². The topological polar surface area (TPSA) is 120 Å². The number of rotatable bonds is 12. The molecule has 4 unspecified atom stereocenters. The molecular formula is C27H31N2O6. The number of Topliss-reactive ketones (excluding diaryl/α,β-unsaturated/α-hetero) is 2. The molecule has 1 aliphatic carbocycles. The molecule has 0 aromatic heterocycles. The summed E-state index contributed by atoms with van der Waals surface area (Å²) in [5.74, 6) is -1.53. The van der Waals surface area contributed by atoms with Crippen molar-refractivity contribution in [3.8, 4) is 0 Å². The van der Waals surface area contributed by atoms with Gasteiger partial charge in [-0.2, -0.15) is 0 Å². The van der Waals surface area contributed by atoms with Gasteiger partial charge in [-0.15, -0.1) is 0 Å². The van der Waals surface area contributed by atoms with Crippen LogP contribution >= 0.6 is 0 Å². The van der Waals surface area contributed by atoms with Gasteiger partial charge >= 0.3 is 0 Å². The van der Waals surface area contributed by atoms with E-state index in [9.17, 15) is 29.8 Å². The molecule has 8 heteroatoms. The van der Waals surface area contributed by atoms with Crippen molar-refractivity contribution in [1.29, 1.82) is 0 Å². The molecule has 1 fully saturated rings. The molecule has 185 valence electrons. The standard InChI is InChI=1S/C27H31N2O6/c1-19(26(30)24(28(32)33)21-13-7-3-8-14-21)17-23(18-20-11-5-2-6-12-20)27(31)25(29(34)35)22-15-9-4-10-16-22/h3-4,7-10,13-16,19,23-25H,2,5-6,11-12,17-18H2,1H3. The lowest BCUT2D eigenvalue weighted by Crippen LogP contribution is -2.33. The fourth-order valence-corrected chi connectivity index (χ4v) is 4.99. The number of ketones is 2. The lowest BCUT2D eigenvalue weighted by Gasteiger charge is -2.27. The van der Waals surface area contributed by atoms with E-state index < -0.39 is 45.3 Å². The van der Waals surface area contributed by atoms with Crippen LogP contribution in [0.25, 0.3) is 0 Å². The fraction of sp³-hybridized carbons (Fsp3) is 0.444. The van der Waals surface area contributed by atoms with E-state index in [0.717, 1.165) is 32.1 Å². The first-order valence-electron chi connectivity index (χ1n) is 12.1. The molecule has 0 aliphatic heterocycles. The van der Waals surface area contributed by atoms with Gasteiger partial charge in [0.25, 0.3) is 12.1 Å². The summed E-state index contributed by atoms with van der Waals surface area (Å²) >= 11 is 0. The van der Waals surface area contributed by atoms with Gasteiger partial charge in [0, 0.05) is 32.8 Å². The molecule has 35 heavy (non-hydrogen) atoms. The summed E-state index contributed by atoms with van der Waals surface area (Å²) in [5, 5.41) is 23.8. The predicted octanol–water partition coefficient (Wildman–Crippen LogP) is 5.73. The summed E-state index contributed by atoms with van der Waals surface area (Å²) in [4.78, 5) is 49.4. The molecule has 2 aromatic rings. The van der Waals surface area contributed by atoms with Crippen LogP contribution in [-0.2, 0) is 9.59 Å². The molecule has 4 atom stereocenters. The van der Waals surface area contributed by atoms with E-state index >= 15 is 0 Å². The molecule has 1 radical (unpaired) electrons. The van der Waals surface area contributed by atoms with Gasteiger partial charge in [0.05, 0.1) is 0 Å². The van der Waals surface area contributed by atoms with E-state index in [0.29, 0.717) is 12.0 Å². The minimum absolute atomic E-state index is 0.0372. The third kappa shape index (κ3) is 6.81. The zero-order valence-electron chi connectivity index (χ0n) is 19.9. The van der Waals surface area contributed by atoms with Gasteiger partial charge in [-0.25, -0.2) is 0 Å². The van der Waals surface area contributed by atoms with Crippen molar-refractivity contribution in [1.82, 2.24) is 0 Å². The summed E-state index contributed by atoms with van der Waals surface area (Å²) in [6.07, 6.45) is 5.28. The van der Waals surface area contributed by atoms with Crippen molar-refractivity contribution in [2.24, 2.45) is 11.8 Å². The van der Waals surface area contributed by atoms with Crippen LogP contribution in [-0.4, -0.2) is 21.4 Å². The second-order valence-electron chi connectivity index (χ2n) is 9.35. The SMILES string of the molecule is CC(CC(C[C]1CCCCC1)C(=O)C(c1ccccc1)[N+](=O)[O-])C(=O)C(c1ccccc1)[N+](=O)[O-]. The first-order chi connectivity index (χ1) is 16.8. The average Bonchev–Trinajstić information content (AvgIpc) is 2.85. The van der Waals surface area contributed by atoms with Crippen molar-refractivity contribution in [3.05, 3.63) is 97.9 Å². The molecule has 2 aromatic carbocycles. The van der Waals surface area contributed by atoms with Crippen LogP contribution in [0, 0.1) is 38.0 Å². The van der Waals surface area contributed by atoms with Gasteiger partial charge in [-0.1, -0.05) is 86.8 Å². The fourth-order valence-electron chi connectivity index (χ4n) is 4.99. The number of carbonyl (C=O) groups excluding carboxylic acids is 2. The Kier molecular flexibility index (Phi) is 9.23. The summed E-state index contributed by atoms with van der Waals surface area (Å²) in [6.45, 7) is 1.58. The Hall–Kier alpha value is -3.42. The lowest BCUT2D eigenvalue weighted by molar-refractivity contribution is -0.514. The summed E-state index contributed by atoms with van der Waals surface area (Å²) < 4.78 is 0. The van der Waals surface area contributed by atoms with Crippen molar-refractivity contribution >= 4 is 11.6 Å². The number of benzene rings is 2. The van der Waals surface area contributed by atoms with E-state index in [1.54, 1.807) is 55.5 Å². The molecule has 0 N–H and O–H groups in total. The third-order valence-electron chi connectivity index (χ3n) is 6.81. The van der Waals surface area contributed by atoms with Crippen LogP contribution < -0.4 is 0 Å². The van der Waals surface area contributed by atoms with E-state index in [1.807, 2.05) is 0 Å². The molecule has 1 saturated carbocycles. The van der Waals surface area contributed by atoms with E-state index in [2.05, 4.69) is 0 Å². The van der Waals surface area contributed by atoms with Crippen LogP contribution in [0.2, 0.25) is 0 Å². The zero-order valence-corrected chi connectivity index (χ0v) is 19.9. The van der Waals surface area contributed by atoms with Crippen LogP contribution in [0.5, 0.6) is 0 Å². The molecule has 0 bridgehead atoms. The van der Waals surface area contributed by atoms with Crippen molar-refractivity contribution in [2.75, 3.05) is 0 Å². The van der Waals surface area contributed by atoms with E-state index in [1.165, 1.54) is 18.1 Å². The van der Waals surface area contributed by atoms with Crippen molar-refractivity contribution in [3.63, 3.8) is 0 Å². The molecule has 8 nitrogen and oxygen atoms in total. The molecule has 3 rings (SSSR count). The molecular weight excluding hydrogens is 448 g/mol. The van der Waals surface area contributed by atoms with Gasteiger partial charge in [-0.3, -0.25) is 29.8 Å². The number of nitro groups is 2. The second kappa shape index (κ2) is 12.3. The predicted molar refractivity (Wildman–Crippen MR) is 131 cm³/mol. The summed E-state index contributed by atoms with van der Waals surface area (Å²) in [6, 6.07) is 13.1. The van der Waals surface area contributed by atoms with Gasteiger partial charge in [0.1, 0.15) is 0 Å². The Labute approximate surface area is 205 Å². The largest absolute Gasteiger partial charge is 0.295 e. The Balaban J connectivity index is 1.87. The maximum Gasteiger partial charge on any atom is 0.295 e. The van der Waals surface area contributed by atoms with Crippen LogP contribution in [0.4, 0.5) is 0 Å². The van der Waals surface area contributed by atoms with Crippen LogP contribution in [0.1, 0.15) is 75.1 Å². The highest BCUT2D eigenvalue weighted by molar-refractivity contribution is 5.89. The Morgan fingerprint density at radius 3 is 1.69 bits per heavy atom. The maximum atomic E-state index is 13.6. The Morgan fingerprint density at radius 1 is 0.771 bits per heavy atom. The van der Waals surface area contributed by atoms with Gasteiger partial charge in [-0.05, 0) is 31.6 Å². The number of hydrogen-bond acceptors (Lipinski definition) is 6. The molecule has 0 amide bonds. The third-order valence-corrected chi connectivity index (χ3v) is 6.81. The normalized spacial score (nSPS) is 17.6. The maximum absolute atomic E-state index is 13.6. The molecule has 1 aliphatic rings. The summed E-state index contributed by atoms with van der Waals surface area (Å²) in [5.41, 5.74) is 0.582. The van der Waals surface area contributed by atoms with Crippen molar-refractivity contribution < 1.29 is 19.4 Å². The van der Waals surface area contributed by atoms with Crippen LogP contribution in [0.3, 0.4) is 0 Å². The van der Waals surface area contributed by atoms with Crippen LogP contribution in [0.15, 0.2) is 60.7 Å². The molecule has 0 saturated heterocycles. The minimum Gasteiger partial charge on any atom is -0.291 e. The highest BCUT2D eigenvalue weighted by Crippen LogP contribution is 2.37. The first kappa shape index (κ1) is 26.2. The number of nitrogens with zero attached hydrogens (tertiary/aromatic N) is 2. The number of hydrogen-bond donors (Lipinski definition) is 0. The number of carbonyl (C=O) groups is 2. The molecule has 0 heterocycles. The lowest BCUT2D eigenvalue weighted by atomic mass is 9.75. The minimum atomic E-state index is -1.54. The molecule has 0 spiro atoms. The second-order valence-corrected chi connectivity index (χ2v) is 9.35. The summed E-state index contributed by atoms with van der Waals surface area (Å²) in [7, 11) is 0. The van der Waals surface area contributed by atoms with Crippen molar-refractivity contribution in [2.45, 2.75) is 64.0 Å². The van der Waals surface area contributed by atoms with Gasteiger partial charge < -0.3 is 0 Å². The van der Waals surface area contributed by atoms with E-state index in [-0.39, 0.29) is 12.0 Å². The highest BCUT2D eigenvalue weighted by Gasteiger charge is 2.42. The zero-order chi connectivity index (χ0) is 25.4. The van der Waals surface area contributed by atoms with Gasteiger partial charge in [0.15, 0.2) is 0 Å². The van der Waals surface area contributed by atoms with E-state index in [4.69, 9.17) is 0 Å². The first-order valence-corrected chi connectivity index (χ1v) is 12.1. The monoisotopic (exact) mass is 479 g/mol. The Bertz CT molecular complexity index is 1020. The Morgan fingerprint density at radius 2 is 1.23 bits per heavy atom. The quantitative estimate of drug-likeness (QED) is 0.283. The average molecular weight is 480 g/mol.